The van der Waals surface area contributed by atoms with Gasteiger partial charge in [0.15, 0.2) is 0 Å². The smallest absolute Gasteiger partial charge is 0.0556 e. The first kappa shape index (κ1) is 9.01. The van der Waals surface area contributed by atoms with Gasteiger partial charge in [0.2, 0.25) is 0 Å². The molecule has 2 unspecified atom stereocenters. The van der Waals surface area contributed by atoms with Crippen LogP contribution in [0.1, 0.15) is 32.6 Å². The predicted molar refractivity (Wildman–Crippen MR) is 46.5 cm³/mol. The van der Waals surface area contributed by atoms with Crippen LogP contribution in [0, 0.1) is 5.92 Å². The largest absolute Gasteiger partial charge is 0.395 e. The molecule has 1 aliphatic rings. The van der Waals surface area contributed by atoms with Gasteiger partial charge in [0.05, 0.1) is 6.61 Å². The minimum absolute atomic E-state index is 0.271. The molecule has 1 rings (SSSR count). The second kappa shape index (κ2) is 4.73. The summed E-state index contributed by atoms with van der Waals surface area (Å²) in [5.41, 5.74) is 0. The molecule has 1 aliphatic carbocycles. The lowest BCUT2D eigenvalue weighted by Crippen LogP contribution is -2.34. The third-order valence-corrected chi connectivity index (χ3v) is 2.70. The van der Waals surface area contributed by atoms with E-state index >= 15 is 0 Å². The van der Waals surface area contributed by atoms with E-state index in [9.17, 15) is 0 Å². The molecular weight excluding hydrogens is 138 g/mol. The van der Waals surface area contributed by atoms with Crippen LogP contribution in [0.3, 0.4) is 0 Å². The van der Waals surface area contributed by atoms with E-state index in [1.807, 2.05) is 0 Å². The number of hydrogen-bond acceptors (Lipinski definition) is 2. The average molecular weight is 157 g/mol. The van der Waals surface area contributed by atoms with Crippen LogP contribution >= 0.6 is 0 Å². The van der Waals surface area contributed by atoms with Gasteiger partial charge in [-0.2, -0.15) is 0 Å². The highest BCUT2D eigenvalue weighted by atomic mass is 16.3. The fourth-order valence-corrected chi connectivity index (χ4v) is 2.04. The summed E-state index contributed by atoms with van der Waals surface area (Å²) in [6.45, 7) is 3.29. The van der Waals surface area contributed by atoms with E-state index in [0.29, 0.717) is 6.04 Å². The molecule has 0 heterocycles. The second-order valence-electron chi connectivity index (χ2n) is 3.38. The van der Waals surface area contributed by atoms with Crippen LogP contribution in [0.4, 0.5) is 0 Å². The zero-order valence-corrected chi connectivity index (χ0v) is 7.34. The van der Waals surface area contributed by atoms with Gasteiger partial charge < -0.3 is 10.4 Å². The molecule has 2 N–H and O–H groups in total. The molecule has 0 saturated heterocycles. The van der Waals surface area contributed by atoms with E-state index in [-0.39, 0.29) is 6.61 Å². The molecule has 1 fully saturated rings. The first-order valence-corrected chi connectivity index (χ1v) is 4.72. The maximum Gasteiger partial charge on any atom is 0.0556 e. The van der Waals surface area contributed by atoms with Crippen molar-refractivity contribution in [1.29, 1.82) is 0 Å². The summed E-state index contributed by atoms with van der Waals surface area (Å²) in [6.07, 6.45) is 5.32. The van der Waals surface area contributed by atoms with Gasteiger partial charge in [-0.15, -0.1) is 0 Å². The van der Waals surface area contributed by atoms with Crippen molar-refractivity contribution in [1.82, 2.24) is 5.32 Å². The third kappa shape index (κ3) is 2.46. The molecule has 0 bridgehead atoms. The van der Waals surface area contributed by atoms with Crippen molar-refractivity contribution in [3.63, 3.8) is 0 Å². The topological polar surface area (TPSA) is 32.3 Å². The van der Waals surface area contributed by atoms with Gasteiger partial charge in [-0.3, -0.25) is 0 Å². The van der Waals surface area contributed by atoms with Gasteiger partial charge in [0.1, 0.15) is 0 Å². The molecule has 0 aromatic carbocycles. The minimum atomic E-state index is 0.271. The van der Waals surface area contributed by atoms with Gasteiger partial charge in [0.25, 0.3) is 0 Å². The lowest BCUT2D eigenvalue weighted by molar-refractivity contribution is 0.273. The molecule has 1 saturated carbocycles. The van der Waals surface area contributed by atoms with Crippen molar-refractivity contribution >= 4 is 0 Å². The molecule has 2 heteroatoms. The summed E-state index contributed by atoms with van der Waals surface area (Å²) in [5, 5.41) is 12.0. The summed E-state index contributed by atoms with van der Waals surface area (Å²) in [5.74, 6) is 0.863. The van der Waals surface area contributed by atoms with Gasteiger partial charge >= 0.3 is 0 Å². The Kier molecular flexibility index (Phi) is 3.87. The first-order valence-electron chi connectivity index (χ1n) is 4.72. The Morgan fingerprint density at radius 3 is 2.91 bits per heavy atom. The van der Waals surface area contributed by atoms with Crippen LogP contribution in [0.5, 0.6) is 0 Å². The summed E-state index contributed by atoms with van der Waals surface area (Å²) < 4.78 is 0. The molecule has 0 aromatic rings. The Hall–Kier alpha value is -0.0800. The van der Waals surface area contributed by atoms with Gasteiger partial charge in [-0.05, 0) is 18.8 Å². The number of rotatable bonds is 4. The molecule has 2 atom stereocenters. The highest BCUT2D eigenvalue weighted by Gasteiger charge is 2.24. The van der Waals surface area contributed by atoms with Crippen molar-refractivity contribution in [3.05, 3.63) is 0 Å². The van der Waals surface area contributed by atoms with Crippen LogP contribution in [-0.2, 0) is 0 Å². The zero-order chi connectivity index (χ0) is 8.10. The lowest BCUT2D eigenvalue weighted by Gasteiger charge is -2.18. The molecule has 11 heavy (non-hydrogen) atoms. The van der Waals surface area contributed by atoms with Crippen molar-refractivity contribution < 1.29 is 5.11 Å². The SMILES string of the molecule is CCC1CCCC1NCCO. The molecule has 2 nitrogen and oxygen atoms in total. The zero-order valence-electron chi connectivity index (χ0n) is 7.34. The quantitative estimate of drug-likeness (QED) is 0.641. The van der Waals surface area contributed by atoms with Gasteiger partial charge in [-0.1, -0.05) is 19.8 Å². The molecule has 0 amide bonds. The summed E-state index contributed by atoms with van der Waals surface area (Å²) in [7, 11) is 0. The molecule has 0 spiro atoms. The van der Waals surface area contributed by atoms with Crippen LogP contribution in [0.25, 0.3) is 0 Å². The van der Waals surface area contributed by atoms with Gasteiger partial charge in [0, 0.05) is 12.6 Å². The van der Waals surface area contributed by atoms with E-state index in [1.165, 1.54) is 25.7 Å². The minimum Gasteiger partial charge on any atom is -0.395 e. The molecule has 0 aromatic heterocycles. The predicted octanol–water partition coefficient (Wildman–Crippen LogP) is 1.15. The highest BCUT2D eigenvalue weighted by molar-refractivity contribution is 4.81. The molecule has 0 radical (unpaired) electrons. The summed E-state index contributed by atoms with van der Waals surface area (Å²) in [4.78, 5) is 0. The average Bonchev–Trinajstić information content (AvgIpc) is 2.47. The van der Waals surface area contributed by atoms with E-state index in [0.717, 1.165) is 12.5 Å². The second-order valence-corrected chi connectivity index (χ2v) is 3.38. The normalized spacial score (nSPS) is 31.1. The number of aliphatic hydroxyl groups is 1. The van der Waals surface area contributed by atoms with Crippen LogP contribution in [0.15, 0.2) is 0 Å². The van der Waals surface area contributed by atoms with Crippen LogP contribution < -0.4 is 5.32 Å². The Labute approximate surface area is 69.0 Å². The fraction of sp³-hybridized carbons (Fsp3) is 1.00. The van der Waals surface area contributed by atoms with Gasteiger partial charge in [-0.25, -0.2) is 0 Å². The lowest BCUT2D eigenvalue weighted by atomic mass is 10.0. The van der Waals surface area contributed by atoms with E-state index < -0.39 is 0 Å². The van der Waals surface area contributed by atoms with Crippen molar-refractivity contribution in [3.8, 4) is 0 Å². The van der Waals surface area contributed by atoms with E-state index in [1.54, 1.807) is 0 Å². The first-order chi connectivity index (χ1) is 5.38. The third-order valence-electron chi connectivity index (χ3n) is 2.70. The summed E-state index contributed by atoms with van der Waals surface area (Å²) in [6, 6.07) is 0.687. The Morgan fingerprint density at radius 2 is 2.27 bits per heavy atom. The van der Waals surface area contributed by atoms with Crippen molar-refractivity contribution in [2.45, 2.75) is 38.6 Å². The Morgan fingerprint density at radius 1 is 1.45 bits per heavy atom. The monoisotopic (exact) mass is 157 g/mol. The van der Waals surface area contributed by atoms with Crippen LogP contribution in [-0.4, -0.2) is 24.3 Å². The number of aliphatic hydroxyl groups excluding tert-OH is 1. The Balaban J connectivity index is 2.20. The number of hydrogen-bond donors (Lipinski definition) is 2. The maximum absolute atomic E-state index is 8.62. The number of nitrogens with one attached hydrogen (secondary N) is 1. The molecule has 66 valence electrons. The fourth-order valence-electron chi connectivity index (χ4n) is 2.04. The van der Waals surface area contributed by atoms with E-state index in [2.05, 4.69) is 12.2 Å². The standard InChI is InChI=1S/C9H19NO/c1-2-8-4-3-5-9(8)10-6-7-11/h8-11H,2-7H2,1H3. The summed E-state index contributed by atoms with van der Waals surface area (Å²) >= 11 is 0. The highest BCUT2D eigenvalue weighted by Crippen LogP contribution is 2.27. The maximum atomic E-state index is 8.62. The van der Waals surface area contributed by atoms with Crippen LogP contribution in [0.2, 0.25) is 0 Å². The van der Waals surface area contributed by atoms with E-state index in [4.69, 9.17) is 5.11 Å². The Bertz CT molecular complexity index is 106. The van der Waals surface area contributed by atoms with Crippen molar-refractivity contribution in [2.24, 2.45) is 5.92 Å². The molecular formula is C9H19NO. The van der Waals surface area contributed by atoms with Crippen molar-refractivity contribution in [2.75, 3.05) is 13.2 Å². The molecule has 0 aliphatic heterocycles.